The molecule has 1 fully saturated rings. The van der Waals surface area contributed by atoms with Crippen LogP contribution in [0.3, 0.4) is 0 Å². The van der Waals surface area contributed by atoms with Crippen LogP contribution in [0.5, 0.6) is 11.5 Å². The Kier molecular flexibility index (Phi) is 6.25. The highest BCUT2D eigenvalue weighted by atomic mass is 32.2. The number of rotatable bonds is 6. The van der Waals surface area contributed by atoms with Crippen molar-refractivity contribution in [3.63, 3.8) is 0 Å². The van der Waals surface area contributed by atoms with Gasteiger partial charge >= 0.3 is 0 Å². The molecule has 0 saturated carbocycles. The molecule has 148 valence electrons. The van der Waals surface area contributed by atoms with Gasteiger partial charge in [-0.2, -0.15) is 10.1 Å². The molecule has 29 heavy (non-hydrogen) atoms. The third-order valence-electron chi connectivity index (χ3n) is 3.90. The van der Waals surface area contributed by atoms with E-state index in [-0.39, 0.29) is 15.9 Å². The summed E-state index contributed by atoms with van der Waals surface area (Å²) < 4.78 is 10.8. The number of thioether (sulfide) groups is 1. The van der Waals surface area contributed by atoms with Gasteiger partial charge in [0.2, 0.25) is 0 Å². The lowest BCUT2D eigenvalue weighted by Crippen LogP contribution is -2.22. The van der Waals surface area contributed by atoms with Crippen LogP contribution >= 0.6 is 24.0 Å². The summed E-state index contributed by atoms with van der Waals surface area (Å²) in [6, 6.07) is 11.2. The fraction of sp³-hybridized carbons (Fsp3) is 0.105. The van der Waals surface area contributed by atoms with Crippen LogP contribution in [-0.2, 0) is 4.79 Å². The smallest absolute Gasteiger partial charge is 0.286 e. The van der Waals surface area contributed by atoms with Crippen molar-refractivity contribution in [3.05, 3.63) is 68.6 Å². The maximum Gasteiger partial charge on any atom is 0.286 e. The molecule has 1 heterocycles. The molecule has 0 N–H and O–H groups in total. The van der Waals surface area contributed by atoms with E-state index in [9.17, 15) is 14.9 Å². The Bertz CT molecular complexity index is 1050. The molecular formula is C19H15N3O5S2. The Balaban J connectivity index is 1.84. The molecular weight excluding hydrogens is 414 g/mol. The second-order valence-electron chi connectivity index (χ2n) is 5.70. The van der Waals surface area contributed by atoms with Crippen LogP contribution in [0.2, 0.25) is 0 Å². The zero-order chi connectivity index (χ0) is 21.0. The van der Waals surface area contributed by atoms with Gasteiger partial charge < -0.3 is 9.47 Å². The number of nitrogens with zero attached hydrogens (tertiary/aromatic N) is 3. The Morgan fingerprint density at radius 3 is 2.69 bits per heavy atom. The Labute approximate surface area is 175 Å². The number of nitro benzene ring substituents is 1. The van der Waals surface area contributed by atoms with E-state index in [1.54, 1.807) is 43.5 Å². The minimum absolute atomic E-state index is 0.0640. The third kappa shape index (κ3) is 4.61. The predicted molar refractivity (Wildman–Crippen MR) is 115 cm³/mol. The monoisotopic (exact) mass is 429 g/mol. The lowest BCUT2D eigenvalue weighted by Gasteiger charge is -2.08. The van der Waals surface area contributed by atoms with Gasteiger partial charge in [0.25, 0.3) is 11.6 Å². The second kappa shape index (κ2) is 8.84. The first kappa shape index (κ1) is 20.5. The van der Waals surface area contributed by atoms with Crippen LogP contribution in [-0.4, -0.2) is 40.6 Å². The van der Waals surface area contributed by atoms with Gasteiger partial charge in [0, 0.05) is 29.3 Å². The van der Waals surface area contributed by atoms with Crippen LogP contribution in [0, 0.1) is 10.1 Å². The summed E-state index contributed by atoms with van der Waals surface area (Å²) in [6.45, 7) is 0. The normalized spacial score (nSPS) is 15.4. The van der Waals surface area contributed by atoms with Crippen molar-refractivity contribution in [1.82, 2.24) is 5.01 Å². The van der Waals surface area contributed by atoms with E-state index in [4.69, 9.17) is 21.7 Å². The quantitative estimate of drug-likeness (QED) is 0.226. The molecule has 0 aliphatic carbocycles. The number of thiocarbonyl (C=S) groups is 1. The number of methoxy groups -OCH3 is 2. The SMILES string of the molecule is COc1ccc(/C=C2/SC(=S)N(/N=C/c3cccc([N+](=O)[O-])c3)C2=O)c(OC)c1. The molecule has 0 atom stereocenters. The highest BCUT2D eigenvalue weighted by Crippen LogP contribution is 2.35. The number of carbonyl (C=O) groups excluding carboxylic acids is 1. The summed E-state index contributed by atoms with van der Waals surface area (Å²) in [7, 11) is 3.08. The van der Waals surface area contributed by atoms with Gasteiger partial charge in [0.1, 0.15) is 11.5 Å². The highest BCUT2D eigenvalue weighted by molar-refractivity contribution is 8.26. The molecule has 8 nitrogen and oxygen atoms in total. The summed E-state index contributed by atoms with van der Waals surface area (Å²) in [5.41, 5.74) is 1.11. The first-order valence-electron chi connectivity index (χ1n) is 8.21. The van der Waals surface area contributed by atoms with Gasteiger partial charge in [-0.1, -0.05) is 23.9 Å². The standard InChI is InChI=1S/C19H15N3O5S2/c1-26-15-7-6-13(16(10-15)27-2)9-17-18(23)21(19(28)29-17)20-11-12-4-3-5-14(8-12)22(24)25/h3-11H,1-2H3/b17-9+,20-11+. The average Bonchev–Trinajstić information content (AvgIpc) is 2.99. The molecule has 0 unspecified atom stereocenters. The van der Waals surface area contributed by atoms with E-state index in [1.807, 2.05) is 0 Å². The Hall–Kier alpha value is -3.24. The van der Waals surface area contributed by atoms with E-state index >= 15 is 0 Å². The second-order valence-corrected chi connectivity index (χ2v) is 7.37. The van der Waals surface area contributed by atoms with Crippen LogP contribution in [0.25, 0.3) is 6.08 Å². The third-order valence-corrected chi connectivity index (χ3v) is 5.19. The first-order chi connectivity index (χ1) is 13.9. The van der Waals surface area contributed by atoms with E-state index < -0.39 is 4.92 Å². The summed E-state index contributed by atoms with van der Waals surface area (Å²) in [4.78, 5) is 23.5. The molecule has 10 heteroatoms. The minimum atomic E-state index is -0.498. The number of carbonyl (C=O) groups is 1. The predicted octanol–water partition coefficient (Wildman–Crippen LogP) is 3.85. The molecule has 2 aromatic carbocycles. The van der Waals surface area contributed by atoms with Crippen molar-refractivity contribution in [2.45, 2.75) is 0 Å². The van der Waals surface area contributed by atoms with Crippen LogP contribution in [0.1, 0.15) is 11.1 Å². The van der Waals surface area contributed by atoms with Gasteiger partial charge in [-0.25, -0.2) is 0 Å². The van der Waals surface area contributed by atoms with E-state index in [2.05, 4.69) is 5.10 Å². The van der Waals surface area contributed by atoms with Crippen molar-refractivity contribution in [3.8, 4) is 11.5 Å². The van der Waals surface area contributed by atoms with Gasteiger partial charge in [0.05, 0.1) is 30.3 Å². The molecule has 0 aromatic heterocycles. The van der Waals surface area contributed by atoms with Gasteiger partial charge in [-0.05, 0) is 30.4 Å². The molecule has 1 amide bonds. The van der Waals surface area contributed by atoms with Gasteiger partial charge in [-0.3, -0.25) is 14.9 Å². The zero-order valence-electron chi connectivity index (χ0n) is 15.4. The van der Waals surface area contributed by atoms with Crippen LogP contribution in [0.15, 0.2) is 52.5 Å². The highest BCUT2D eigenvalue weighted by Gasteiger charge is 2.32. The topological polar surface area (TPSA) is 94.3 Å². The van der Waals surface area contributed by atoms with Crippen molar-refractivity contribution in [2.24, 2.45) is 5.10 Å². The fourth-order valence-electron chi connectivity index (χ4n) is 2.48. The number of hydrogen-bond acceptors (Lipinski definition) is 8. The minimum Gasteiger partial charge on any atom is -0.497 e. The summed E-state index contributed by atoms with van der Waals surface area (Å²) in [6.07, 6.45) is 3.02. The molecule has 2 aromatic rings. The van der Waals surface area contributed by atoms with E-state index in [0.29, 0.717) is 27.5 Å². The van der Waals surface area contributed by atoms with Crippen LogP contribution in [0.4, 0.5) is 5.69 Å². The Morgan fingerprint density at radius 2 is 2.00 bits per heavy atom. The zero-order valence-corrected chi connectivity index (χ0v) is 17.0. The van der Waals surface area contributed by atoms with Crippen LogP contribution < -0.4 is 9.47 Å². The number of ether oxygens (including phenoxy) is 2. The average molecular weight is 429 g/mol. The molecule has 1 aliphatic rings. The van der Waals surface area contributed by atoms with Gasteiger partial charge in [-0.15, -0.1) is 0 Å². The lowest BCUT2D eigenvalue weighted by molar-refractivity contribution is -0.384. The number of nitro groups is 1. The molecule has 0 spiro atoms. The van der Waals surface area contributed by atoms with Crippen molar-refractivity contribution in [1.29, 1.82) is 0 Å². The van der Waals surface area contributed by atoms with E-state index in [0.717, 1.165) is 16.8 Å². The fourth-order valence-corrected chi connectivity index (χ4v) is 3.64. The largest absolute Gasteiger partial charge is 0.497 e. The lowest BCUT2D eigenvalue weighted by atomic mass is 10.1. The van der Waals surface area contributed by atoms with E-state index in [1.165, 1.54) is 25.5 Å². The molecule has 1 saturated heterocycles. The molecule has 0 bridgehead atoms. The first-order valence-corrected chi connectivity index (χ1v) is 9.44. The summed E-state index contributed by atoms with van der Waals surface area (Å²) in [5.74, 6) is 0.794. The molecule has 3 rings (SSSR count). The number of non-ortho nitro benzene ring substituents is 1. The Morgan fingerprint density at radius 1 is 1.21 bits per heavy atom. The number of hydrazone groups is 1. The summed E-state index contributed by atoms with van der Waals surface area (Å²) >= 11 is 6.36. The number of hydrogen-bond donors (Lipinski definition) is 0. The summed E-state index contributed by atoms with van der Waals surface area (Å²) in [5, 5.41) is 16.1. The maximum absolute atomic E-state index is 12.7. The van der Waals surface area contributed by atoms with Crippen molar-refractivity contribution >= 4 is 52.2 Å². The van der Waals surface area contributed by atoms with Gasteiger partial charge in [0.15, 0.2) is 4.32 Å². The maximum atomic E-state index is 12.7. The van der Waals surface area contributed by atoms with Crippen molar-refractivity contribution in [2.75, 3.05) is 14.2 Å². The molecule has 1 aliphatic heterocycles. The van der Waals surface area contributed by atoms with Crippen molar-refractivity contribution < 1.29 is 19.2 Å². The molecule has 0 radical (unpaired) electrons. The number of benzene rings is 2. The number of amides is 1.